The van der Waals surface area contributed by atoms with Gasteiger partial charge in [-0.05, 0) is 12.8 Å². The highest BCUT2D eigenvalue weighted by molar-refractivity contribution is 6.07. The van der Waals surface area contributed by atoms with E-state index in [2.05, 4.69) is 4.90 Å². The van der Waals surface area contributed by atoms with E-state index in [1.807, 2.05) is 11.0 Å². The van der Waals surface area contributed by atoms with Crippen LogP contribution in [-0.2, 0) is 0 Å². The lowest BCUT2D eigenvalue weighted by molar-refractivity contribution is 0.0999. The molecule has 0 atom stereocenters. The van der Waals surface area contributed by atoms with E-state index in [9.17, 15) is 9.18 Å². The zero-order chi connectivity index (χ0) is 13.9. The van der Waals surface area contributed by atoms with Crippen LogP contribution in [-0.4, -0.2) is 47.8 Å². The number of benzene rings is 1. The van der Waals surface area contributed by atoms with Crippen molar-refractivity contribution in [3.63, 3.8) is 0 Å². The normalized spacial score (nSPS) is 26.4. The Bertz CT molecular complexity index is 506. The van der Waals surface area contributed by atoms with Crippen LogP contribution in [0.5, 0.6) is 0 Å². The lowest BCUT2D eigenvalue weighted by Gasteiger charge is -2.30. The number of carbonyl (C=O) groups excluding carboxylic acids is 1. The fourth-order valence-corrected chi connectivity index (χ4v) is 3.02. The Balaban J connectivity index is 1.76. The van der Waals surface area contributed by atoms with Crippen molar-refractivity contribution in [3.8, 4) is 0 Å². The van der Waals surface area contributed by atoms with Crippen LogP contribution in [0.25, 0.3) is 0 Å². The Morgan fingerprint density at radius 2 is 1.80 bits per heavy atom. The molecule has 4 rings (SSSR count). The van der Waals surface area contributed by atoms with Gasteiger partial charge >= 0.3 is 0 Å². The van der Waals surface area contributed by atoms with E-state index in [4.69, 9.17) is 0 Å². The Morgan fingerprint density at radius 3 is 2.50 bits per heavy atom. The standard InChI is InChI=1S/C16H19FN2O/c17-15(16(20)13-4-2-1-3-5-13)12-19-11-10-18-8-6-14(19)7-9-18/h1-5,12,14H,6-11H2/b15-12-. The van der Waals surface area contributed by atoms with Crippen LogP contribution in [0.15, 0.2) is 42.4 Å². The van der Waals surface area contributed by atoms with Gasteiger partial charge in [-0.1, -0.05) is 30.3 Å². The number of hydrogen-bond donors (Lipinski definition) is 0. The van der Waals surface area contributed by atoms with Gasteiger partial charge in [-0.3, -0.25) is 4.79 Å². The number of halogens is 1. The monoisotopic (exact) mass is 274 g/mol. The molecular weight excluding hydrogens is 255 g/mol. The minimum Gasteiger partial charge on any atom is -0.371 e. The van der Waals surface area contributed by atoms with Gasteiger partial charge in [0.1, 0.15) is 0 Å². The second-order valence-corrected chi connectivity index (χ2v) is 5.48. The minimum atomic E-state index is -0.656. The number of fused-ring (bicyclic) bond motifs is 4. The molecule has 3 heterocycles. The molecule has 106 valence electrons. The second kappa shape index (κ2) is 5.75. The van der Waals surface area contributed by atoms with Gasteiger partial charge in [0.25, 0.3) is 0 Å². The first-order valence-electron chi connectivity index (χ1n) is 7.19. The maximum atomic E-state index is 14.2. The molecule has 20 heavy (non-hydrogen) atoms. The fourth-order valence-electron chi connectivity index (χ4n) is 3.02. The molecule has 0 amide bonds. The quantitative estimate of drug-likeness (QED) is 0.625. The highest BCUT2D eigenvalue weighted by atomic mass is 19.1. The summed E-state index contributed by atoms with van der Waals surface area (Å²) in [5, 5.41) is 0. The lowest BCUT2D eigenvalue weighted by atomic mass is 10.1. The molecule has 1 aromatic carbocycles. The van der Waals surface area contributed by atoms with Crippen LogP contribution in [0, 0.1) is 0 Å². The third kappa shape index (κ3) is 2.75. The summed E-state index contributed by atoms with van der Waals surface area (Å²) in [5.41, 5.74) is 0.407. The topological polar surface area (TPSA) is 23.6 Å². The Labute approximate surface area is 118 Å². The highest BCUT2D eigenvalue weighted by Crippen LogP contribution is 2.22. The summed E-state index contributed by atoms with van der Waals surface area (Å²) in [6.45, 7) is 3.94. The van der Waals surface area contributed by atoms with Gasteiger partial charge < -0.3 is 9.80 Å². The number of Topliss-reactive ketones (excluding diaryl/α,β-unsaturated/α-hetero) is 1. The van der Waals surface area contributed by atoms with Gasteiger partial charge in [-0.25, -0.2) is 4.39 Å². The Hall–Kier alpha value is -1.68. The van der Waals surface area contributed by atoms with E-state index in [0.717, 1.165) is 39.0 Å². The van der Waals surface area contributed by atoms with Crippen LogP contribution in [0.2, 0.25) is 0 Å². The number of ketones is 1. The van der Waals surface area contributed by atoms with Crippen LogP contribution in [0.1, 0.15) is 23.2 Å². The molecule has 1 aromatic rings. The van der Waals surface area contributed by atoms with Gasteiger partial charge in [0, 0.05) is 44.0 Å². The molecule has 0 radical (unpaired) electrons. The van der Waals surface area contributed by atoms with E-state index >= 15 is 0 Å². The van der Waals surface area contributed by atoms with Crippen LogP contribution >= 0.6 is 0 Å². The molecule has 0 saturated carbocycles. The molecule has 0 spiro atoms. The average Bonchev–Trinajstić information content (AvgIpc) is 2.81. The molecule has 0 N–H and O–H groups in total. The molecule has 2 bridgehead atoms. The first-order valence-corrected chi connectivity index (χ1v) is 7.19. The molecule has 3 aliphatic rings. The van der Waals surface area contributed by atoms with Crippen molar-refractivity contribution in [2.45, 2.75) is 18.9 Å². The summed E-state index contributed by atoms with van der Waals surface area (Å²) in [6, 6.07) is 9.00. The summed E-state index contributed by atoms with van der Waals surface area (Å²) >= 11 is 0. The zero-order valence-corrected chi connectivity index (χ0v) is 11.5. The summed E-state index contributed by atoms with van der Waals surface area (Å²) in [7, 11) is 0. The van der Waals surface area contributed by atoms with Gasteiger partial charge in [-0.2, -0.15) is 0 Å². The maximum Gasteiger partial charge on any atom is 0.222 e. The first-order chi connectivity index (χ1) is 9.74. The maximum absolute atomic E-state index is 14.2. The summed E-state index contributed by atoms with van der Waals surface area (Å²) in [5.74, 6) is -1.18. The SMILES string of the molecule is O=C(/C(F)=C/N1CCN2CCC1CC2)c1ccccc1. The second-order valence-electron chi connectivity index (χ2n) is 5.48. The van der Waals surface area contributed by atoms with Crippen LogP contribution in [0.3, 0.4) is 0 Å². The number of hydrogen-bond acceptors (Lipinski definition) is 3. The Morgan fingerprint density at radius 1 is 1.10 bits per heavy atom. The predicted molar refractivity (Wildman–Crippen MR) is 76.1 cm³/mol. The minimum absolute atomic E-state index is 0.378. The van der Waals surface area contributed by atoms with E-state index < -0.39 is 11.6 Å². The third-order valence-electron chi connectivity index (χ3n) is 4.23. The first kappa shape index (κ1) is 13.3. The predicted octanol–water partition coefficient (Wildman–Crippen LogP) is 2.46. The number of nitrogens with zero attached hydrogens (tertiary/aromatic N) is 2. The van der Waals surface area contributed by atoms with Crippen molar-refractivity contribution in [1.82, 2.24) is 9.80 Å². The fraction of sp³-hybridized carbons (Fsp3) is 0.438. The lowest BCUT2D eigenvalue weighted by Crippen LogP contribution is -2.35. The van der Waals surface area contributed by atoms with E-state index in [1.54, 1.807) is 24.3 Å². The van der Waals surface area contributed by atoms with Crippen molar-refractivity contribution >= 4 is 5.78 Å². The van der Waals surface area contributed by atoms with Gasteiger partial charge in [0.05, 0.1) is 0 Å². The van der Waals surface area contributed by atoms with Crippen molar-refractivity contribution in [1.29, 1.82) is 0 Å². The molecule has 3 saturated heterocycles. The molecule has 3 nitrogen and oxygen atoms in total. The number of rotatable bonds is 3. The Kier molecular flexibility index (Phi) is 3.83. The molecule has 0 unspecified atom stereocenters. The molecule has 3 fully saturated rings. The summed E-state index contributed by atoms with van der Waals surface area (Å²) in [6.07, 6.45) is 3.54. The number of allylic oxidation sites excluding steroid dienone is 1. The third-order valence-corrected chi connectivity index (χ3v) is 4.23. The summed E-state index contributed by atoms with van der Waals surface area (Å²) in [4.78, 5) is 16.5. The molecular formula is C16H19FN2O. The van der Waals surface area contributed by atoms with Crippen molar-refractivity contribution in [2.75, 3.05) is 26.2 Å². The summed E-state index contributed by atoms with van der Waals surface area (Å²) < 4.78 is 14.2. The van der Waals surface area contributed by atoms with Crippen molar-refractivity contribution in [3.05, 3.63) is 47.9 Å². The van der Waals surface area contributed by atoms with E-state index in [1.165, 1.54) is 6.20 Å². The van der Waals surface area contributed by atoms with E-state index in [-0.39, 0.29) is 0 Å². The van der Waals surface area contributed by atoms with Crippen molar-refractivity contribution in [2.24, 2.45) is 0 Å². The van der Waals surface area contributed by atoms with Crippen LogP contribution in [0.4, 0.5) is 4.39 Å². The zero-order valence-electron chi connectivity index (χ0n) is 11.5. The van der Waals surface area contributed by atoms with Gasteiger partial charge in [0.15, 0.2) is 5.83 Å². The van der Waals surface area contributed by atoms with Gasteiger partial charge in [-0.15, -0.1) is 0 Å². The van der Waals surface area contributed by atoms with Crippen LogP contribution < -0.4 is 0 Å². The highest BCUT2D eigenvalue weighted by Gasteiger charge is 2.28. The number of carbonyl (C=O) groups is 1. The molecule has 0 aliphatic carbocycles. The van der Waals surface area contributed by atoms with Crippen molar-refractivity contribution < 1.29 is 9.18 Å². The molecule has 4 heteroatoms. The average molecular weight is 274 g/mol. The molecule has 3 aliphatic heterocycles. The number of piperidine rings is 1. The van der Waals surface area contributed by atoms with E-state index in [0.29, 0.717) is 11.6 Å². The van der Waals surface area contributed by atoms with Gasteiger partial charge in [0.2, 0.25) is 5.78 Å². The smallest absolute Gasteiger partial charge is 0.222 e. The largest absolute Gasteiger partial charge is 0.371 e. The molecule has 0 aromatic heterocycles.